The van der Waals surface area contributed by atoms with Crippen LogP contribution in [0.25, 0.3) is 0 Å². The molecule has 0 spiro atoms. The first-order valence-electron chi connectivity index (χ1n) is 8.17. The molecule has 0 aliphatic carbocycles. The summed E-state index contributed by atoms with van der Waals surface area (Å²) in [5.41, 5.74) is 5.03. The summed E-state index contributed by atoms with van der Waals surface area (Å²) in [6.07, 6.45) is 3.00. The average Bonchev–Trinajstić information content (AvgIpc) is 2.62. The molecule has 0 atom stereocenters. The number of hydrogen-bond acceptors (Lipinski definition) is 4. The van der Waals surface area contributed by atoms with E-state index < -0.39 is 0 Å². The molecule has 2 aromatic carbocycles. The van der Waals surface area contributed by atoms with E-state index >= 15 is 0 Å². The topological polar surface area (TPSA) is 66.9 Å². The summed E-state index contributed by atoms with van der Waals surface area (Å²) >= 11 is 5.98. The molecule has 5 nitrogen and oxygen atoms in total. The molecule has 0 fully saturated rings. The lowest BCUT2D eigenvalue weighted by Crippen LogP contribution is -2.15. The van der Waals surface area contributed by atoms with E-state index in [1.165, 1.54) is 6.20 Å². The molecule has 2 N–H and O–H groups in total. The molecule has 0 bridgehead atoms. The predicted octanol–water partition coefficient (Wildman–Crippen LogP) is 5.05. The molecular weight excluding hydrogens is 348 g/mol. The predicted molar refractivity (Wildman–Crippen MR) is 105 cm³/mol. The third kappa shape index (κ3) is 4.00. The number of aryl methyl sites for hydroxylation is 3. The molecule has 0 radical (unpaired) electrons. The van der Waals surface area contributed by atoms with Crippen LogP contribution in [0.1, 0.15) is 27.2 Å². The van der Waals surface area contributed by atoms with Crippen LogP contribution < -0.4 is 10.6 Å². The summed E-state index contributed by atoms with van der Waals surface area (Å²) in [6, 6.07) is 11.4. The van der Waals surface area contributed by atoms with Gasteiger partial charge in [0.15, 0.2) is 0 Å². The number of aromatic nitrogens is 2. The molecule has 6 heteroatoms. The molecule has 0 unspecified atom stereocenters. The highest BCUT2D eigenvalue weighted by atomic mass is 35.5. The van der Waals surface area contributed by atoms with Crippen LogP contribution in [0.4, 0.5) is 17.2 Å². The lowest BCUT2D eigenvalue weighted by Gasteiger charge is -2.12. The molecule has 1 amide bonds. The van der Waals surface area contributed by atoms with Gasteiger partial charge in [-0.2, -0.15) is 0 Å². The fraction of sp³-hybridized carbons (Fsp3) is 0.150. The Morgan fingerprint density at radius 3 is 2.35 bits per heavy atom. The molecule has 0 aliphatic rings. The molecule has 3 rings (SSSR count). The van der Waals surface area contributed by atoms with Gasteiger partial charge in [0.05, 0.1) is 12.4 Å². The molecular formula is C20H19ClN4O. The standard InChI is InChI=1S/C20H19ClN4O/c1-12-7-8-15(21)9-16(12)24-20(26)17-10-23-18(11-22-17)25-19-13(2)5-4-6-14(19)3/h4-11H,1-3H3,(H,23,25)(H,24,26). The molecule has 1 aromatic heterocycles. The van der Waals surface area contributed by atoms with Gasteiger partial charge in [-0.25, -0.2) is 9.97 Å². The van der Waals surface area contributed by atoms with Gasteiger partial charge in [-0.05, 0) is 49.6 Å². The summed E-state index contributed by atoms with van der Waals surface area (Å²) < 4.78 is 0. The third-order valence-electron chi connectivity index (χ3n) is 4.07. The van der Waals surface area contributed by atoms with E-state index in [0.717, 1.165) is 22.4 Å². The lowest BCUT2D eigenvalue weighted by molar-refractivity contribution is 0.102. The van der Waals surface area contributed by atoms with E-state index in [1.807, 2.05) is 45.0 Å². The van der Waals surface area contributed by atoms with Crippen LogP contribution in [0.5, 0.6) is 0 Å². The number of halogens is 1. The van der Waals surface area contributed by atoms with Crippen molar-refractivity contribution in [2.24, 2.45) is 0 Å². The maximum atomic E-state index is 12.4. The third-order valence-corrected chi connectivity index (χ3v) is 4.30. The van der Waals surface area contributed by atoms with Gasteiger partial charge in [0, 0.05) is 16.4 Å². The Balaban J connectivity index is 1.75. The SMILES string of the molecule is Cc1ccc(Cl)cc1NC(=O)c1cnc(Nc2c(C)cccc2C)cn1. The Labute approximate surface area is 157 Å². The van der Waals surface area contributed by atoms with Crippen LogP contribution in [0, 0.1) is 20.8 Å². The fourth-order valence-corrected chi connectivity index (χ4v) is 2.74. The van der Waals surface area contributed by atoms with Crippen LogP contribution in [-0.4, -0.2) is 15.9 Å². The number of para-hydroxylation sites is 1. The van der Waals surface area contributed by atoms with E-state index in [-0.39, 0.29) is 11.6 Å². The molecule has 0 aliphatic heterocycles. The second-order valence-corrected chi connectivity index (χ2v) is 6.53. The van der Waals surface area contributed by atoms with Gasteiger partial charge in [-0.1, -0.05) is 35.9 Å². The highest BCUT2D eigenvalue weighted by molar-refractivity contribution is 6.31. The van der Waals surface area contributed by atoms with E-state index in [0.29, 0.717) is 16.5 Å². The van der Waals surface area contributed by atoms with Crippen LogP contribution in [0.3, 0.4) is 0 Å². The Morgan fingerprint density at radius 1 is 0.962 bits per heavy atom. The Kier molecular flexibility index (Phi) is 5.19. The van der Waals surface area contributed by atoms with Crippen LogP contribution in [0.2, 0.25) is 5.02 Å². The average molecular weight is 367 g/mol. The normalized spacial score (nSPS) is 10.5. The number of carbonyl (C=O) groups is 1. The fourth-order valence-electron chi connectivity index (χ4n) is 2.56. The van der Waals surface area contributed by atoms with Gasteiger partial charge in [-0.15, -0.1) is 0 Å². The number of benzene rings is 2. The monoisotopic (exact) mass is 366 g/mol. The molecule has 26 heavy (non-hydrogen) atoms. The summed E-state index contributed by atoms with van der Waals surface area (Å²) in [5.74, 6) is 0.249. The van der Waals surface area contributed by atoms with E-state index in [9.17, 15) is 4.79 Å². The van der Waals surface area contributed by atoms with Crippen molar-refractivity contribution >= 4 is 34.7 Å². The van der Waals surface area contributed by atoms with Gasteiger partial charge in [0.2, 0.25) is 0 Å². The van der Waals surface area contributed by atoms with Crippen molar-refractivity contribution in [2.45, 2.75) is 20.8 Å². The number of nitrogens with one attached hydrogen (secondary N) is 2. The Bertz CT molecular complexity index is 934. The summed E-state index contributed by atoms with van der Waals surface area (Å²) in [5, 5.41) is 6.62. The van der Waals surface area contributed by atoms with Crippen molar-refractivity contribution in [3.63, 3.8) is 0 Å². The Hall–Kier alpha value is -2.92. The van der Waals surface area contributed by atoms with Crippen molar-refractivity contribution in [2.75, 3.05) is 10.6 Å². The zero-order valence-corrected chi connectivity index (χ0v) is 15.6. The summed E-state index contributed by atoms with van der Waals surface area (Å²) in [7, 11) is 0. The number of amides is 1. The van der Waals surface area contributed by atoms with Crippen LogP contribution in [0.15, 0.2) is 48.8 Å². The van der Waals surface area contributed by atoms with Gasteiger partial charge >= 0.3 is 0 Å². The first-order valence-corrected chi connectivity index (χ1v) is 8.54. The van der Waals surface area contributed by atoms with Gasteiger partial charge in [0.1, 0.15) is 11.5 Å². The highest BCUT2D eigenvalue weighted by Crippen LogP contribution is 2.23. The van der Waals surface area contributed by atoms with Gasteiger partial charge in [0.25, 0.3) is 5.91 Å². The minimum atomic E-state index is -0.332. The summed E-state index contributed by atoms with van der Waals surface area (Å²) in [4.78, 5) is 20.9. The second kappa shape index (κ2) is 7.54. The maximum absolute atomic E-state index is 12.4. The quantitative estimate of drug-likeness (QED) is 0.678. The van der Waals surface area contributed by atoms with E-state index in [2.05, 4.69) is 20.6 Å². The maximum Gasteiger partial charge on any atom is 0.275 e. The molecule has 3 aromatic rings. The molecule has 132 valence electrons. The molecule has 1 heterocycles. The summed E-state index contributed by atoms with van der Waals surface area (Å²) in [6.45, 7) is 5.95. The molecule has 0 saturated heterocycles. The van der Waals surface area contributed by atoms with Gasteiger partial charge < -0.3 is 10.6 Å². The number of hydrogen-bond donors (Lipinski definition) is 2. The molecule has 0 saturated carbocycles. The van der Waals surface area contributed by atoms with Crippen molar-refractivity contribution in [1.82, 2.24) is 9.97 Å². The van der Waals surface area contributed by atoms with Crippen LogP contribution >= 0.6 is 11.6 Å². The van der Waals surface area contributed by atoms with Crippen molar-refractivity contribution in [3.8, 4) is 0 Å². The van der Waals surface area contributed by atoms with E-state index in [4.69, 9.17) is 11.6 Å². The highest BCUT2D eigenvalue weighted by Gasteiger charge is 2.11. The zero-order valence-electron chi connectivity index (χ0n) is 14.8. The minimum absolute atomic E-state index is 0.233. The Morgan fingerprint density at radius 2 is 1.69 bits per heavy atom. The van der Waals surface area contributed by atoms with Crippen LogP contribution in [-0.2, 0) is 0 Å². The number of carbonyl (C=O) groups excluding carboxylic acids is 1. The van der Waals surface area contributed by atoms with Crippen molar-refractivity contribution < 1.29 is 4.79 Å². The lowest BCUT2D eigenvalue weighted by atomic mass is 10.1. The van der Waals surface area contributed by atoms with Crippen molar-refractivity contribution in [3.05, 3.63) is 76.2 Å². The van der Waals surface area contributed by atoms with Gasteiger partial charge in [-0.3, -0.25) is 4.79 Å². The second-order valence-electron chi connectivity index (χ2n) is 6.09. The first kappa shape index (κ1) is 17.9. The smallest absolute Gasteiger partial charge is 0.275 e. The number of rotatable bonds is 4. The van der Waals surface area contributed by atoms with E-state index in [1.54, 1.807) is 18.3 Å². The largest absolute Gasteiger partial charge is 0.339 e. The minimum Gasteiger partial charge on any atom is -0.339 e. The first-order chi connectivity index (χ1) is 12.4. The zero-order chi connectivity index (χ0) is 18.7. The number of anilines is 3. The number of nitrogens with zero attached hydrogens (tertiary/aromatic N) is 2. The van der Waals surface area contributed by atoms with Crippen molar-refractivity contribution in [1.29, 1.82) is 0 Å².